The number of carbonyl (C=O) groups is 1. The third-order valence-electron chi connectivity index (χ3n) is 3.31. The van der Waals surface area contributed by atoms with E-state index in [9.17, 15) is 4.79 Å². The maximum atomic E-state index is 11.3. The van der Waals surface area contributed by atoms with Gasteiger partial charge >= 0.3 is 0 Å². The van der Waals surface area contributed by atoms with E-state index in [0.29, 0.717) is 10.9 Å². The average molecular weight is 324 g/mol. The maximum absolute atomic E-state index is 11.3. The standard InChI is InChI=1S/C17H16N4OS/c1-12-6-3-4-8-15(12)21-16(14-7-5-9-18-10-14)19-20-17(21)23-11-13(2)22/h3-10H,11H2,1-2H3. The van der Waals surface area contributed by atoms with Gasteiger partial charge < -0.3 is 0 Å². The first kappa shape index (κ1) is 15.4. The van der Waals surface area contributed by atoms with Crippen molar-refractivity contribution in [2.45, 2.75) is 19.0 Å². The van der Waals surface area contributed by atoms with Crippen LogP contribution < -0.4 is 0 Å². The van der Waals surface area contributed by atoms with Crippen molar-refractivity contribution < 1.29 is 4.79 Å². The lowest BCUT2D eigenvalue weighted by atomic mass is 10.2. The number of hydrogen-bond donors (Lipinski definition) is 0. The minimum atomic E-state index is 0.109. The first-order chi connectivity index (χ1) is 11.2. The van der Waals surface area contributed by atoms with Crippen molar-refractivity contribution in [2.24, 2.45) is 0 Å². The first-order valence-electron chi connectivity index (χ1n) is 7.21. The molecule has 3 rings (SSSR count). The molecule has 0 aliphatic carbocycles. The van der Waals surface area contributed by atoms with Gasteiger partial charge in [-0.25, -0.2) is 0 Å². The Balaban J connectivity index is 2.14. The van der Waals surface area contributed by atoms with Gasteiger partial charge in [0.05, 0.1) is 11.4 Å². The van der Waals surface area contributed by atoms with E-state index in [1.165, 1.54) is 11.8 Å². The Morgan fingerprint density at radius 2 is 2.00 bits per heavy atom. The Morgan fingerprint density at radius 3 is 2.70 bits per heavy atom. The van der Waals surface area contributed by atoms with E-state index < -0.39 is 0 Å². The van der Waals surface area contributed by atoms with Crippen molar-refractivity contribution >= 4 is 17.5 Å². The Labute approximate surface area is 138 Å². The van der Waals surface area contributed by atoms with Crippen LogP contribution in [-0.2, 0) is 4.79 Å². The summed E-state index contributed by atoms with van der Waals surface area (Å²) in [5.74, 6) is 1.20. The van der Waals surface area contributed by atoms with Crippen molar-refractivity contribution in [3.8, 4) is 17.1 Å². The van der Waals surface area contributed by atoms with Gasteiger partial charge in [-0.15, -0.1) is 10.2 Å². The normalized spacial score (nSPS) is 10.7. The van der Waals surface area contributed by atoms with E-state index in [1.54, 1.807) is 19.3 Å². The van der Waals surface area contributed by atoms with Gasteiger partial charge in [-0.3, -0.25) is 14.3 Å². The molecular weight excluding hydrogens is 308 g/mol. The van der Waals surface area contributed by atoms with E-state index in [2.05, 4.69) is 15.2 Å². The second-order valence-electron chi connectivity index (χ2n) is 5.16. The van der Waals surface area contributed by atoms with E-state index in [-0.39, 0.29) is 5.78 Å². The van der Waals surface area contributed by atoms with E-state index in [1.807, 2.05) is 47.9 Å². The number of hydrogen-bond acceptors (Lipinski definition) is 5. The number of benzene rings is 1. The molecule has 0 aliphatic heterocycles. The number of nitrogens with zero attached hydrogens (tertiary/aromatic N) is 4. The molecule has 0 atom stereocenters. The third-order valence-corrected chi connectivity index (χ3v) is 4.39. The van der Waals surface area contributed by atoms with Crippen molar-refractivity contribution in [1.82, 2.24) is 19.7 Å². The van der Waals surface area contributed by atoms with Gasteiger partial charge in [-0.05, 0) is 37.6 Å². The van der Waals surface area contributed by atoms with Crippen LogP contribution in [0.2, 0.25) is 0 Å². The van der Waals surface area contributed by atoms with Crippen LogP contribution in [0.15, 0.2) is 53.9 Å². The summed E-state index contributed by atoms with van der Waals surface area (Å²) >= 11 is 1.39. The van der Waals surface area contributed by atoms with Crippen molar-refractivity contribution in [3.63, 3.8) is 0 Å². The summed E-state index contributed by atoms with van der Waals surface area (Å²) in [7, 11) is 0. The van der Waals surface area contributed by atoms with E-state index in [4.69, 9.17) is 0 Å². The maximum Gasteiger partial charge on any atom is 0.196 e. The average Bonchev–Trinajstić information content (AvgIpc) is 2.98. The molecule has 0 unspecified atom stereocenters. The molecule has 2 aromatic heterocycles. The molecule has 6 heteroatoms. The molecule has 5 nitrogen and oxygen atoms in total. The quantitative estimate of drug-likeness (QED) is 0.674. The van der Waals surface area contributed by atoms with Crippen LogP contribution in [-0.4, -0.2) is 31.3 Å². The SMILES string of the molecule is CC(=O)CSc1nnc(-c2cccnc2)n1-c1ccccc1C. The van der Waals surface area contributed by atoms with Gasteiger partial charge in [0, 0.05) is 18.0 Å². The van der Waals surface area contributed by atoms with Crippen LogP contribution in [0.5, 0.6) is 0 Å². The Bertz CT molecular complexity index is 830. The fourth-order valence-electron chi connectivity index (χ4n) is 2.24. The third kappa shape index (κ3) is 3.32. The number of aromatic nitrogens is 4. The summed E-state index contributed by atoms with van der Waals surface area (Å²) in [6.45, 7) is 3.62. The van der Waals surface area contributed by atoms with Crippen LogP contribution in [0.3, 0.4) is 0 Å². The topological polar surface area (TPSA) is 60.7 Å². The number of rotatable bonds is 5. The van der Waals surface area contributed by atoms with Gasteiger partial charge in [-0.1, -0.05) is 30.0 Å². The Kier molecular flexibility index (Phi) is 4.52. The zero-order valence-electron chi connectivity index (χ0n) is 12.9. The molecule has 0 saturated carbocycles. The van der Waals surface area contributed by atoms with E-state index in [0.717, 1.165) is 22.6 Å². The molecule has 0 spiro atoms. The number of ketones is 1. The molecule has 0 aliphatic rings. The molecule has 23 heavy (non-hydrogen) atoms. The minimum absolute atomic E-state index is 0.109. The molecule has 2 heterocycles. The molecule has 0 radical (unpaired) electrons. The summed E-state index contributed by atoms with van der Waals surface area (Å²) in [5.41, 5.74) is 3.00. The Morgan fingerprint density at radius 1 is 1.17 bits per heavy atom. The van der Waals surface area contributed by atoms with Gasteiger partial charge in [-0.2, -0.15) is 0 Å². The van der Waals surface area contributed by atoms with Gasteiger partial charge in [0.2, 0.25) is 0 Å². The number of carbonyl (C=O) groups excluding carboxylic acids is 1. The number of aryl methyl sites for hydroxylation is 1. The second-order valence-corrected chi connectivity index (χ2v) is 6.10. The number of para-hydroxylation sites is 1. The highest BCUT2D eigenvalue weighted by Crippen LogP contribution is 2.28. The lowest BCUT2D eigenvalue weighted by Crippen LogP contribution is -2.03. The zero-order valence-corrected chi connectivity index (χ0v) is 13.7. The molecule has 0 bridgehead atoms. The fraction of sp³-hybridized carbons (Fsp3) is 0.176. The summed E-state index contributed by atoms with van der Waals surface area (Å²) in [4.78, 5) is 15.5. The number of Topliss-reactive ketones (excluding diaryl/α,β-unsaturated/α-hetero) is 1. The highest BCUT2D eigenvalue weighted by atomic mass is 32.2. The van der Waals surface area contributed by atoms with Crippen LogP contribution in [0.4, 0.5) is 0 Å². The molecule has 0 saturated heterocycles. The van der Waals surface area contributed by atoms with Crippen LogP contribution in [0.25, 0.3) is 17.1 Å². The molecule has 3 aromatic rings. The monoisotopic (exact) mass is 324 g/mol. The van der Waals surface area contributed by atoms with Crippen LogP contribution in [0, 0.1) is 6.92 Å². The van der Waals surface area contributed by atoms with Gasteiger partial charge in [0.25, 0.3) is 0 Å². The zero-order chi connectivity index (χ0) is 16.2. The van der Waals surface area contributed by atoms with Gasteiger partial charge in [0.1, 0.15) is 5.78 Å². The van der Waals surface area contributed by atoms with Crippen LogP contribution in [0.1, 0.15) is 12.5 Å². The fourth-order valence-corrected chi connectivity index (χ4v) is 2.99. The molecule has 0 N–H and O–H groups in total. The number of thioether (sulfide) groups is 1. The second kappa shape index (κ2) is 6.75. The molecule has 0 fully saturated rings. The first-order valence-corrected chi connectivity index (χ1v) is 8.19. The van der Waals surface area contributed by atoms with Crippen molar-refractivity contribution in [1.29, 1.82) is 0 Å². The predicted molar refractivity (Wildman–Crippen MR) is 90.7 cm³/mol. The highest BCUT2D eigenvalue weighted by molar-refractivity contribution is 7.99. The molecule has 1 aromatic carbocycles. The van der Waals surface area contributed by atoms with Crippen molar-refractivity contribution in [2.75, 3.05) is 5.75 Å². The lowest BCUT2D eigenvalue weighted by Gasteiger charge is -2.12. The molecular formula is C17H16N4OS. The summed E-state index contributed by atoms with van der Waals surface area (Å²) in [5, 5.41) is 9.30. The summed E-state index contributed by atoms with van der Waals surface area (Å²) in [6.07, 6.45) is 3.49. The summed E-state index contributed by atoms with van der Waals surface area (Å²) in [6, 6.07) is 11.9. The van der Waals surface area contributed by atoms with E-state index >= 15 is 0 Å². The smallest absolute Gasteiger partial charge is 0.196 e. The van der Waals surface area contributed by atoms with Crippen molar-refractivity contribution in [3.05, 3.63) is 54.4 Å². The van der Waals surface area contributed by atoms with Crippen LogP contribution >= 0.6 is 11.8 Å². The molecule has 116 valence electrons. The highest BCUT2D eigenvalue weighted by Gasteiger charge is 2.17. The largest absolute Gasteiger partial charge is 0.299 e. The minimum Gasteiger partial charge on any atom is -0.299 e. The number of pyridine rings is 1. The Hall–Kier alpha value is -2.47. The van der Waals surface area contributed by atoms with Gasteiger partial charge in [0.15, 0.2) is 11.0 Å². The predicted octanol–water partition coefficient (Wildman–Crippen LogP) is 3.32. The lowest BCUT2D eigenvalue weighted by molar-refractivity contribution is -0.114. The molecule has 0 amide bonds. The summed E-state index contributed by atoms with van der Waals surface area (Å²) < 4.78 is 1.99.